The third-order valence-corrected chi connectivity index (χ3v) is 1.73. The van der Waals surface area contributed by atoms with Crippen molar-refractivity contribution < 1.29 is 18.0 Å². The maximum atomic E-state index is 12.5. The average molecular weight is 227 g/mol. The molecule has 1 rings (SSSR count). The first-order valence-corrected chi connectivity index (χ1v) is 4.09. The normalized spacial score (nSPS) is 10.7. The standard InChI is InChI=1S/C10H6F3N2O/c1-6(16)15-8-3-2-7(5-14)9(4-8)10(11,12)13/h2-4H,1H2,(H,15,16). The third kappa shape index (κ3) is 2.73. The molecule has 0 bridgehead atoms. The molecule has 1 aromatic rings. The van der Waals surface area contributed by atoms with Gasteiger partial charge in [0.1, 0.15) is 0 Å². The van der Waals surface area contributed by atoms with Crippen LogP contribution >= 0.6 is 0 Å². The number of nitrogens with one attached hydrogen (secondary N) is 1. The molecule has 1 amide bonds. The van der Waals surface area contributed by atoms with Crippen molar-refractivity contribution in [2.75, 3.05) is 5.32 Å². The Labute approximate surface area is 89.5 Å². The summed E-state index contributed by atoms with van der Waals surface area (Å²) in [6.07, 6.45) is -4.63. The van der Waals surface area contributed by atoms with E-state index in [0.717, 1.165) is 6.07 Å². The van der Waals surface area contributed by atoms with E-state index in [1.54, 1.807) is 0 Å². The summed E-state index contributed by atoms with van der Waals surface area (Å²) in [5, 5.41) is 10.6. The van der Waals surface area contributed by atoms with Gasteiger partial charge in [0.05, 0.1) is 17.2 Å². The van der Waals surface area contributed by atoms with Crippen LogP contribution in [0.3, 0.4) is 0 Å². The molecular weight excluding hydrogens is 221 g/mol. The number of halogens is 3. The monoisotopic (exact) mass is 227 g/mol. The second-order valence-corrected chi connectivity index (χ2v) is 2.92. The maximum Gasteiger partial charge on any atom is 0.417 e. The summed E-state index contributed by atoms with van der Waals surface area (Å²) in [4.78, 5) is 10.6. The van der Waals surface area contributed by atoms with Crippen molar-refractivity contribution in [2.45, 2.75) is 6.18 Å². The first-order valence-electron chi connectivity index (χ1n) is 4.09. The summed E-state index contributed by atoms with van der Waals surface area (Å²) in [5.74, 6) is -0.724. The number of carbonyl (C=O) groups is 1. The Morgan fingerprint density at radius 2 is 2.06 bits per heavy atom. The molecule has 0 saturated heterocycles. The number of alkyl halides is 3. The number of hydrogen-bond acceptors (Lipinski definition) is 2. The molecule has 1 radical (unpaired) electrons. The van der Waals surface area contributed by atoms with Gasteiger partial charge in [-0.05, 0) is 18.2 Å². The van der Waals surface area contributed by atoms with Crippen molar-refractivity contribution in [3.63, 3.8) is 0 Å². The van der Waals surface area contributed by atoms with Crippen LogP contribution in [0.25, 0.3) is 0 Å². The average Bonchev–Trinajstić information content (AvgIpc) is 2.15. The minimum absolute atomic E-state index is 0.0497. The highest BCUT2D eigenvalue weighted by atomic mass is 19.4. The lowest BCUT2D eigenvalue weighted by Gasteiger charge is -2.10. The number of carbonyl (C=O) groups excluding carboxylic acids is 1. The van der Waals surface area contributed by atoms with Crippen molar-refractivity contribution >= 4 is 11.6 Å². The number of anilines is 1. The van der Waals surface area contributed by atoms with E-state index in [1.807, 2.05) is 0 Å². The number of hydrogen-bond donors (Lipinski definition) is 1. The van der Waals surface area contributed by atoms with Crippen LogP contribution in [0.15, 0.2) is 18.2 Å². The Hall–Kier alpha value is -2.03. The fraction of sp³-hybridized carbons (Fsp3) is 0.100. The minimum Gasteiger partial charge on any atom is -0.326 e. The highest BCUT2D eigenvalue weighted by Gasteiger charge is 2.33. The molecule has 0 heterocycles. The van der Waals surface area contributed by atoms with Gasteiger partial charge in [0.25, 0.3) is 0 Å². The van der Waals surface area contributed by atoms with Gasteiger partial charge in [0, 0.05) is 12.6 Å². The molecule has 0 aliphatic heterocycles. The van der Waals surface area contributed by atoms with Gasteiger partial charge in [-0.3, -0.25) is 4.79 Å². The van der Waals surface area contributed by atoms with Crippen LogP contribution in [0.2, 0.25) is 0 Å². The highest BCUT2D eigenvalue weighted by molar-refractivity contribution is 5.94. The lowest BCUT2D eigenvalue weighted by atomic mass is 10.1. The smallest absolute Gasteiger partial charge is 0.326 e. The van der Waals surface area contributed by atoms with Gasteiger partial charge >= 0.3 is 6.18 Å². The Morgan fingerprint density at radius 3 is 2.50 bits per heavy atom. The van der Waals surface area contributed by atoms with Gasteiger partial charge in [0.2, 0.25) is 5.91 Å². The van der Waals surface area contributed by atoms with Crippen LogP contribution in [0.1, 0.15) is 11.1 Å². The molecule has 0 unspecified atom stereocenters. The SMILES string of the molecule is [CH2]C(=O)Nc1ccc(C#N)c(C(F)(F)F)c1. The van der Waals surface area contributed by atoms with Gasteiger partial charge in [-0.25, -0.2) is 0 Å². The number of amides is 1. The lowest BCUT2D eigenvalue weighted by molar-refractivity contribution is -0.137. The molecule has 16 heavy (non-hydrogen) atoms. The molecule has 0 fully saturated rings. The molecule has 0 aliphatic rings. The molecule has 0 atom stereocenters. The number of nitriles is 1. The molecule has 1 aromatic carbocycles. The van der Waals surface area contributed by atoms with Crippen LogP contribution in [0.5, 0.6) is 0 Å². The summed E-state index contributed by atoms with van der Waals surface area (Å²) in [6.45, 7) is 2.97. The summed E-state index contributed by atoms with van der Waals surface area (Å²) in [6, 6.07) is 4.33. The first kappa shape index (κ1) is 12.0. The largest absolute Gasteiger partial charge is 0.417 e. The van der Waals surface area contributed by atoms with E-state index in [1.165, 1.54) is 12.1 Å². The van der Waals surface area contributed by atoms with Crippen molar-refractivity contribution in [3.8, 4) is 6.07 Å². The molecule has 0 spiro atoms. The predicted molar refractivity (Wildman–Crippen MR) is 50.1 cm³/mol. The predicted octanol–water partition coefficient (Wildman–Crippen LogP) is 2.35. The molecule has 3 nitrogen and oxygen atoms in total. The Kier molecular flexibility index (Phi) is 3.18. The molecule has 0 saturated carbocycles. The van der Waals surface area contributed by atoms with Crippen molar-refractivity contribution in [1.29, 1.82) is 5.26 Å². The Balaban J connectivity index is 3.23. The zero-order valence-corrected chi connectivity index (χ0v) is 7.93. The lowest BCUT2D eigenvalue weighted by Crippen LogP contribution is -2.11. The zero-order valence-electron chi connectivity index (χ0n) is 7.93. The van der Waals surface area contributed by atoms with Gasteiger partial charge < -0.3 is 5.32 Å². The van der Waals surface area contributed by atoms with Crippen LogP contribution in [-0.2, 0) is 11.0 Å². The summed E-state index contributed by atoms with van der Waals surface area (Å²) >= 11 is 0. The van der Waals surface area contributed by atoms with E-state index in [9.17, 15) is 18.0 Å². The van der Waals surface area contributed by atoms with Gasteiger partial charge in [-0.15, -0.1) is 0 Å². The number of rotatable bonds is 1. The summed E-state index contributed by atoms with van der Waals surface area (Å²) in [7, 11) is 0. The number of nitrogens with zero attached hydrogens (tertiary/aromatic N) is 1. The fourth-order valence-electron chi connectivity index (χ4n) is 1.12. The van der Waals surface area contributed by atoms with Crippen LogP contribution in [0.4, 0.5) is 18.9 Å². The van der Waals surface area contributed by atoms with Crippen LogP contribution in [-0.4, -0.2) is 5.91 Å². The van der Waals surface area contributed by atoms with Gasteiger partial charge in [-0.1, -0.05) is 0 Å². The second-order valence-electron chi connectivity index (χ2n) is 2.92. The molecule has 6 heteroatoms. The Morgan fingerprint density at radius 1 is 1.44 bits per heavy atom. The third-order valence-electron chi connectivity index (χ3n) is 1.73. The zero-order chi connectivity index (χ0) is 12.3. The number of benzene rings is 1. The summed E-state index contributed by atoms with van der Waals surface area (Å²) < 4.78 is 37.4. The van der Waals surface area contributed by atoms with E-state index in [-0.39, 0.29) is 5.69 Å². The first-order chi connectivity index (χ1) is 7.34. The van der Waals surface area contributed by atoms with Crippen molar-refractivity contribution in [3.05, 3.63) is 36.2 Å². The molecule has 0 aromatic heterocycles. The van der Waals surface area contributed by atoms with Crippen LogP contribution in [0, 0.1) is 18.3 Å². The van der Waals surface area contributed by atoms with E-state index < -0.39 is 23.2 Å². The maximum absolute atomic E-state index is 12.5. The fourth-order valence-corrected chi connectivity index (χ4v) is 1.12. The quantitative estimate of drug-likeness (QED) is 0.800. The van der Waals surface area contributed by atoms with Crippen LogP contribution < -0.4 is 5.32 Å². The van der Waals surface area contributed by atoms with Crippen molar-refractivity contribution in [1.82, 2.24) is 0 Å². The minimum atomic E-state index is -4.63. The molecular formula is C10H6F3N2O. The van der Waals surface area contributed by atoms with E-state index >= 15 is 0 Å². The summed E-state index contributed by atoms with van der Waals surface area (Å²) in [5.41, 5.74) is -1.62. The van der Waals surface area contributed by atoms with Gasteiger partial charge in [0.15, 0.2) is 0 Å². The molecule has 1 N–H and O–H groups in total. The van der Waals surface area contributed by atoms with Gasteiger partial charge in [-0.2, -0.15) is 18.4 Å². The second kappa shape index (κ2) is 4.23. The van der Waals surface area contributed by atoms with Crippen molar-refractivity contribution in [2.24, 2.45) is 0 Å². The topological polar surface area (TPSA) is 52.9 Å². The molecule has 0 aliphatic carbocycles. The van der Waals surface area contributed by atoms with E-state index in [2.05, 4.69) is 12.2 Å². The molecule has 83 valence electrons. The Bertz CT molecular complexity index is 460. The van der Waals surface area contributed by atoms with E-state index in [0.29, 0.717) is 6.07 Å². The van der Waals surface area contributed by atoms with E-state index in [4.69, 9.17) is 5.26 Å². The highest BCUT2D eigenvalue weighted by Crippen LogP contribution is 2.33.